The van der Waals surface area contributed by atoms with Crippen LogP contribution in [0.4, 0.5) is 0 Å². The number of pyridine rings is 1. The molecule has 16 heavy (non-hydrogen) atoms. The second-order valence-electron chi connectivity index (χ2n) is 3.84. The molecule has 0 radical (unpaired) electrons. The summed E-state index contributed by atoms with van der Waals surface area (Å²) in [7, 11) is -3.80. The van der Waals surface area contributed by atoms with Crippen molar-refractivity contribution in [3.8, 4) is 0 Å². The summed E-state index contributed by atoms with van der Waals surface area (Å²) >= 11 is 0. The summed E-state index contributed by atoms with van der Waals surface area (Å²) in [6.45, 7) is 0. The van der Waals surface area contributed by atoms with E-state index < -0.39 is 20.6 Å². The first-order valence-corrected chi connectivity index (χ1v) is 6.37. The molecule has 0 saturated heterocycles. The molecule has 1 fully saturated rings. The minimum Gasteiger partial charge on any atom is -0.480 e. The number of aromatic nitrogens is 1. The number of hydrogen-bond donors (Lipinski definition) is 1. The van der Waals surface area contributed by atoms with Gasteiger partial charge in [-0.15, -0.1) is 0 Å². The highest BCUT2D eigenvalue weighted by Gasteiger charge is 2.56. The molecule has 0 bridgehead atoms. The van der Waals surface area contributed by atoms with E-state index in [1.165, 1.54) is 24.5 Å². The lowest BCUT2D eigenvalue weighted by Crippen LogP contribution is -2.51. The van der Waals surface area contributed by atoms with Gasteiger partial charge in [-0.2, -0.15) is 0 Å². The molecule has 2 rings (SSSR count). The third kappa shape index (κ3) is 1.33. The Labute approximate surface area is 93.1 Å². The van der Waals surface area contributed by atoms with Gasteiger partial charge < -0.3 is 5.11 Å². The molecule has 1 heterocycles. The summed E-state index contributed by atoms with van der Waals surface area (Å²) in [5.74, 6) is -1.25. The molecule has 86 valence electrons. The molecule has 0 unspecified atom stereocenters. The van der Waals surface area contributed by atoms with E-state index in [4.69, 9.17) is 5.11 Å². The van der Waals surface area contributed by atoms with Crippen LogP contribution in [0.5, 0.6) is 0 Å². The highest BCUT2D eigenvalue weighted by atomic mass is 32.2. The molecule has 1 aliphatic rings. The fourth-order valence-corrected chi connectivity index (χ4v) is 3.83. The Hall–Kier alpha value is -1.43. The number of nitrogens with zero attached hydrogens (tertiary/aromatic N) is 1. The molecule has 1 saturated carbocycles. The average Bonchev–Trinajstić information content (AvgIpc) is 2.16. The third-order valence-electron chi connectivity index (χ3n) is 3.03. The maximum Gasteiger partial charge on any atom is 0.325 e. The first-order chi connectivity index (χ1) is 7.51. The van der Waals surface area contributed by atoms with Crippen LogP contribution in [0.15, 0.2) is 29.4 Å². The van der Waals surface area contributed by atoms with Gasteiger partial charge in [-0.25, -0.2) is 8.42 Å². The number of carbonyl (C=O) groups is 1. The van der Waals surface area contributed by atoms with Crippen molar-refractivity contribution < 1.29 is 18.3 Å². The largest absolute Gasteiger partial charge is 0.480 e. The SMILES string of the molecule is O=C(O)C1(S(=O)(=O)c2ccncc2)CCC1. The van der Waals surface area contributed by atoms with Gasteiger partial charge in [0.25, 0.3) is 0 Å². The van der Waals surface area contributed by atoms with Crippen molar-refractivity contribution in [1.29, 1.82) is 0 Å². The maximum atomic E-state index is 12.2. The second-order valence-corrected chi connectivity index (χ2v) is 6.10. The van der Waals surface area contributed by atoms with Gasteiger partial charge in [-0.1, -0.05) is 0 Å². The van der Waals surface area contributed by atoms with Crippen LogP contribution < -0.4 is 0 Å². The van der Waals surface area contributed by atoms with Crippen molar-refractivity contribution >= 4 is 15.8 Å². The Balaban J connectivity index is 2.51. The summed E-state index contributed by atoms with van der Waals surface area (Å²) in [4.78, 5) is 14.9. The number of hydrogen-bond acceptors (Lipinski definition) is 4. The van der Waals surface area contributed by atoms with Gasteiger partial charge in [0.15, 0.2) is 14.6 Å². The molecule has 5 nitrogen and oxygen atoms in total. The quantitative estimate of drug-likeness (QED) is 0.848. The third-order valence-corrected chi connectivity index (χ3v) is 5.53. The number of rotatable bonds is 3. The number of aliphatic carboxylic acids is 1. The van der Waals surface area contributed by atoms with Gasteiger partial charge in [0, 0.05) is 12.4 Å². The zero-order valence-electron chi connectivity index (χ0n) is 8.46. The van der Waals surface area contributed by atoms with E-state index in [2.05, 4.69) is 4.98 Å². The monoisotopic (exact) mass is 241 g/mol. The van der Waals surface area contributed by atoms with Crippen LogP contribution in [-0.2, 0) is 14.6 Å². The minimum atomic E-state index is -3.80. The van der Waals surface area contributed by atoms with Crippen LogP contribution in [0.2, 0.25) is 0 Å². The van der Waals surface area contributed by atoms with Gasteiger partial charge in [0.05, 0.1) is 4.90 Å². The summed E-state index contributed by atoms with van der Waals surface area (Å²) in [6, 6.07) is 2.66. The van der Waals surface area contributed by atoms with Crippen LogP contribution in [0.1, 0.15) is 19.3 Å². The lowest BCUT2D eigenvalue weighted by Gasteiger charge is -2.36. The number of carboxylic acid groups (broad SMARTS) is 1. The van der Waals surface area contributed by atoms with Gasteiger partial charge >= 0.3 is 5.97 Å². The van der Waals surface area contributed by atoms with Gasteiger partial charge in [-0.3, -0.25) is 9.78 Å². The van der Waals surface area contributed by atoms with E-state index in [1.807, 2.05) is 0 Å². The topological polar surface area (TPSA) is 84.3 Å². The van der Waals surface area contributed by atoms with Crippen molar-refractivity contribution in [2.45, 2.75) is 28.9 Å². The fraction of sp³-hybridized carbons (Fsp3) is 0.400. The average molecular weight is 241 g/mol. The molecule has 0 spiro atoms. The molecule has 0 aromatic carbocycles. The van der Waals surface area contributed by atoms with Crippen LogP contribution >= 0.6 is 0 Å². The Bertz CT molecular complexity index is 505. The molecule has 0 atom stereocenters. The zero-order chi connectivity index (χ0) is 11.8. The van der Waals surface area contributed by atoms with Gasteiger partial charge in [0.2, 0.25) is 0 Å². The highest BCUT2D eigenvalue weighted by Crippen LogP contribution is 2.42. The first-order valence-electron chi connectivity index (χ1n) is 4.89. The first kappa shape index (κ1) is 11.1. The van der Waals surface area contributed by atoms with E-state index in [1.54, 1.807) is 0 Å². The number of carboxylic acids is 1. The van der Waals surface area contributed by atoms with E-state index in [0.717, 1.165) is 0 Å². The van der Waals surface area contributed by atoms with E-state index in [-0.39, 0.29) is 17.7 Å². The molecular formula is C10H11NO4S. The van der Waals surface area contributed by atoms with Crippen molar-refractivity contribution in [2.24, 2.45) is 0 Å². The smallest absolute Gasteiger partial charge is 0.325 e. The van der Waals surface area contributed by atoms with E-state index >= 15 is 0 Å². The predicted octanol–water partition coefficient (Wildman–Crippen LogP) is 0.863. The Morgan fingerprint density at radius 3 is 2.25 bits per heavy atom. The highest BCUT2D eigenvalue weighted by molar-refractivity contribution is 7.93. The maximum absolute atomic E-state index is 12.2. The fourth-order valence-electron chi connectivity index (χ4n) is 1.84. The van der Waals surface area contributed by atoms with Crippen LogP contribution in [0.3, 0.4) is 0 Å². The second kappa shape index (κ2) is 3.55. The standard InChI is InChI=1S/C10H11NO4S/c12-9(13)10(4-1-5-10)16(14,15)8-2-6-11-7-3-8/h2-3,6-7H,1,4-5H2,(H,12,13). The molecule has 1 aromatic rings. The molecule has 0 amide bonds. The normalized spacial score (nSPS) is 18.8. The van der Waals surface area contributed by atoms with E-state index in [9.17, 15) is 13.2 Å². The van der Waals surface area contributed by atoms with Gasteiger partial charge in [-0.05, 0) is 31.4 Å². The lowest BCUT2D eigenvalue weighted by molar-refractivity contribution is -0.142. The summed E-state index contributed by atoms with van der Waals surface area (Å²) < 4.78 is 22.7. The predicted molar refractivity (Wildman–Crippen MR) is 55.6 cm³/mol. The molecule has 0 aliphatic heterocycles. The van der Waals surface area contributed by atoms with Gasteiger partial charge in [0.1, 0.15) is 0 Å². The molecule has 1 aliphatic carbocycles. The summed E-state index contributed by atoms with van der Waals surface area (Å²) in [5, 5.41) is 9.09. The van der Waals surface area contributed by atoms with Crippen LogP contribution in [0, 0.1) is 0 Å². The van der Waals surface area contributed by atoms with E-state index in [0.29, 0.717) is 6.42 Å². The van der Waals surface area contributed by atoms with Crippen molar-refractivity contribution in [3.05, 3.63) is 24.5 Å². The summed E-state index contributed by atoms with van der Waals surface area (Å²) in [6.07, 6.45) is 3.71. The Kier molecular flexibility index (Phi) is 2.46. The number of sulfone groups is 1. The molecule has 1 N–H and O–H groups in total. The van der Waals surface area contributed by atoms with Crippen molar-refractivity contribution in [1.82, 2.24) is 4.98 Å². The molecular weight excluding hydrogens is 230 g/mol. The molecule has 6 heteroatoms. The van der Waals surface area contributed by atoms with Crippen LogP contribution in [-0.4, -0.2) is 29.2 Å². The summed E-state index contributed by atoms with van der Waals surface area (Å²) in [5.41, 5.74) is 0. The zero-order valence-corrected chi connectivity index (χ0v) is 9.27. The lowest BCUT2D eigenvalue weighted by atomic mass is 9.84. The molecule has 1 aromatic heterocycles. The van der Waals surface area contributed by atoms with Crippen LogP contribution in [0.25, 0.3) is 0 Å². The Morgan fingerprint density at radius 2 is 1.88 bits per heavy atom. The Morgan fingerprint density at radius 1 is 1.31 bits per heavy atom. The minimum absolute atomic E-state index is 0.0320. The van der Waals surface area contributed by atoms with Crippen molar-refractivity contribution in [3.63, 3.8) is 0 Å². The van der Waals surface area contributed by atoms with Crippen molar-refractivity contribution in [2.75, 3.05) is 0 Å².